The first kappa shape index (κ1) is 22.8. The molecule has 5 aromatic rings. The summed E-state index contributed by atoms with van der Waals surface area (Å²) in [7, 11) is 0. The van der Waals surface area contributed by atoms with Crippen molar-refractivity contribution in [3.05, 3.63) is 95.8 Å². The van der Waals surface area contributed by atoms with Crippen LogP contribution in [0.1, 0.15) is 23.2 Å². The second-order valence-electron chi connectivity index (χ2n) is 8.74. The number of carbonyl (C=O) groups excluding carboxylic acids is 1. The topological polar surface area (TPSA) is 76.2 Å². The molecule has 0 radical (unpaired) electrons. The molecule has 0 fully saturated rings. The van der Waals surface area contributed by atoms with Crippen LogP contribution in [0.3, 0.4) is 0 Å². The van der Waals surface area contributed by atoms with Crippen molar-refractivity contribution in [2.45, 2.75) is 25.4 Å². The molecule has 0 aliphatic heterocycles. The molecule has 3 heterocycles. The van der Waals surface area contributed by atoms with E-state index in [0.717, 1.165) is 42.3 Å². The number of hydrogen-bond donors (Lipinski definition) is 2. The third kappa shape index (κ3) is 4.10. The van der Waals surface area contributed by atoms with Gasteiger partial charge in [0.05, 0.1) is 16.9 Å². The van der Waals surface area contributed by atoms with Crippen LogP contribution < -0.4 is 10.6 Å². The summed E-state index contributed by atoms with van der Waals surface area (Å²) >= 11 is 0. The van der Waals surface area contributed by atoms with E-state index in [-0.39, 0.29) is 17.2 Å². The van der Waals surface area contributed by atoms with Crippen molar-refractivity contribution in [2.24, 2.45) is 0 Å². The molecule has 0 saturated heterocycles. The van der Waals surface area contributed by atoms with Gasteiger partial charge in [0, 0.05) is 17.3 Å². The van der Waals surface area contributed by atoms with Crippen LogP contribution in [0, 0.1) is 0 Å². The smallest absolute Gasteiger partial charge is 0.292 e. The van der Waals surface area contributed by atoms with Gasteiger partial charge in [-0.25, -0.2) is 14.5 Å². The summed E-state index contributed by atoms with van der Waals surface area (Å²) in [4.78, 5) is 17.6. The number of imidazole rings is 1. The molecular weight excluding hydrogens is 481 g/mol. The number of halogens is 3. The lowest BCUT2D eigenvalue weighted by Gasteiger charge is -2.13. The summed E-state index contributed by atoms with van der Waals surface area (Å²) < 4.78 is 44.2. The number of benzene rings is 2. The van der Waals surface area contributed by atoms with Crippen LogP contribution in [0.4, 0.5) is 29.6 Å². The van der Waals surface area contributed by atoms with Crippen LogP contribution in [0.15, 0.2) is 79.0 Å². The first-order valence-electron chi connectivity index (χ1n) is 11.8. The summed E-state index contributed by atoms with van der Waals surface area (Å²) in [6.45, 7) is 0. The molecule has 2 N–H and O–H groups in total. The highest BCUT2D eigenvalue weighted by atomic mass is 19.4. The second-order valence-corrected chi connectivity index (χ2v) is 8.74. The van der Waals surface area contributed by atoms with Gasteiger partial charge in [-0.05, 0) is 43.5 Å². The van der Waals surface area contributed by atoms with Crippen LogP contribution in [0.5, 0.6) is 0 Å². The van der Waals surface area contributed by atoms with Gasteiger partial charge in [0.25, 0.3) is 0 Å². The standard InChI is InChI=1S/C27H21F3N6O/c28-27(29,30)20-14-8-16-35-24(20)31-22(17-9-3-1-4-10-17)25(35)33-26(37)32-23-19-13-7-15-21(19)34-36(23)18-11-5-2-6-12-18/h1-6,8-12,14,16H,7,13,15H2,(H2,32,33,37). The molecule has 2 amide bonds. The molecule has 1 aliphatic carbocycles. The van der Waals surface area contributed by atoms with E-state index in [1.54, 1.807) is 35.0 Å². The lowest BCUT2D eigenvalue weighted by atomic mass is 10.1. The fourth-order valence-corrected chi connectivity index (χ4v) is 4.73. The highest BCUT2D eigenvalue weighted by Gasteiger charge is 2.35. The maximum Gasteiger partial charge on any atom is 0.419 e. The Morgan fingerprint density at radius 1 is 0.865 bits per heavy atom. The molecule has 0 atom stereocenters. The minimum absolute atomic E-state index is 0.132. The largest absolute Gasteiger partial charge is 0.419 e. The zero-order valence-corrected chi connectivity index (χ0v) is 19.5. The van der Waals surface area contributed by atoms with E-state index in [4.69, 9.17) is 5.10 Å². The van der Waals surface area contributed by atoms with Crippen LogP contribution in [-0.2, 0) is 19.0 Å². The maximum absolute atomic E-state index is 13.7. The summed E-state index contributed by atoms with van der Waals surface area (Å²) in [6, 6.07) is 19.9. The Balaban J connectivity index is 1.42. The van der Waals surface area contributed by atoms with E-state index < -0.39 is 17.8 Å². The number of pyridine rings is 1. The predicted octanol–water partition coefficient (Wildman–Crippen LogP) is 6.34. The Kier molecular flexibility index (Phi) is 5.44. The molecule has 7 nitrogen and oxygen atoms in total. The molecule has 1 aliphatic rings. The number of aromatic nitrogens is 4. The molecule has 10 heteroatoms. The molecule has 186 valence electrons. The number of amides is 2. The van der Waals surface area contributed by atoms with E-state index in [0.29, 0.717) is 11.4 Å². The number of carbonyl (C=O) groups is 1. The third-order valence-corrected chi connectivity index (χ3v) is 6.37. The fourth-order valence-electron chi connectivity index (χ4n) is 4.73. The number of hydrogen-bond acceptors (Lipinski definition) is 3. The van der Waals surface area contributed by atoms with Crippen LogP contribution in [-0.4, -0.2) is 25.2 Å². The number of para-hydroxylation sites is 1. The van der Waals surface area contributed by atoms with Gasteiger partial charge in [0.15, 0.2) is 5.65 Å². The van der Waals surface area contributed by atoms with Crippen molar-refractivity contribution in [1.82, 2.24) is 19.2 Å². The van der Waals surface area contributed by atoms with Crippen molar-refractivity contribution in [3.8, 4) is 16.9 Å². The number of nitrogens with zero attached hydrogens (tertiary/aromatic N) is 4. The molecule has 6 rings (SSSR count). The average molecular weight is 503 g/mol. The van der Waals surface area contributed by atoms with E-state index >= 15 is 0 Å². The SMILES string of the molecule is O=C(Nc1c2c(nn1-c1ccccc1)CCC2)Nc1c(-c2ccccc2)nc2c(C(F)(F)F)cccn12. The van der Waals surface area contributed by atoms with Crippen molar-refractivity contribution in [1.29, 1.82) is 0 Å². The lowest BCUT2D eigenvalue weighted by molar-refractivity contribution is -0.136. The van der Waals surface area contributed by atoms with Crippen molar-refractivity contribution in [2.75, 3.05) is 10.6 Å². The van der Waals surface area contributed by atoms with Gasteiger partial charge in [-0.3, -0.25) is 15.0 Å². The Labute approximate surface area is 209 Å². The van der Waals surface area contributed by atoms with Crippen LogP contribution >= 0.6 is 0 Å². The van der Waals surface area contributed by atoms with Gasteiger partial charge in [-0.2, -0.15) is 18.3 Å². The Hall–Kier alpha value is -4.60. The van der Waals surface area contributed by atoms with Crippen molar-refractivity contribution < 1.29 is 18.0 Å². The molecular formula is C27H21F3N6O. The number of rotatable bonds is 4. The molecule has 37 heavy (non-hydrogen) atoms. The quantitative estimate of drug-likeness (QED) is 0.301. The minimum atomic E-state index is -4.61. The molecule has 0 saturated carbocycles. The normalized spacial score (nSPS) is 13.1. The van der Waals surface area contributed by atoms with E-state index in [1.165, 1.54) is 16.7 Å². The molecule has 0 spiro atoms. The van der Waals surface area contributed by atoms with Crippen LogP contribution in [0.25, 0.3) is 22.6 Å². The van der Waals surface area contributed by atoms with Gasteiger partial charge < -0.3 is 0 Å². The molecule has 0 bridgehead atoms. The number of alkyl halides is 3. The molecule has 3 aromatic heterocycles. The zero-order chi connectivity index (χ0) is 25.6. The zero-order valence-electron chi connectivity index (χ0n) is 19.5. The third-order valence-electron chi connectivity index (χ3n) is 6.37. The summed E-state index contributed by atoms with van der Waals surface area (Å²) in [5, 5.41) is 10.4. The van der Waals surface area contributed by atoms with E-state index in [9.17, 15) is 18.0 Å². The van der Waals surface area contributed by atoms with Crippen molar-refractivity contribution in [3.63, 3.8) is 0 Å². The highest BCUT2D eigenvalue weighted by Crippen LogP contribution is 2.37. The first-order valence-corrected chi connectivity index (χ1v) is 11.8. The van der Waals surface area contributed by atoms with Crippen LogP contribution in [0.2, 0.25) is 0 Å². The Morgan fingerprint density at radius 2 is 1.57 bits per heavy atom. The number of aryl methyl sites for hydroxylation is 1. The highest BCUT2D eigenvalue weighted by molar-refractivity contribution is 6.02. The summed E-state index contributed by atoms with van der Waals surface area (Å²) in [5.41, 5.74) is 2.30. The number of anilines is 2. The van der Waals surface area contributed by atoms with Crippen molar-refractivity contribution >= 4 is 23.3 Å². The Morgan fingerprint density at radius 3 is 2.30 bits per heavy atom. The summed E-state index contributed by atoms with van der Waals surface area (Å²) in [6.07, 6.45) is -0.625. The lowest BCUT2D eigenvalue weighted by Crippen LogP contribution is -2.23. The van der Waals surface area contributed by atoms with E-state index in [1.807, 2.05) is 30.3 Å². The molecule has 2 aromatic carbocycles. The summed E-state index contributed by atoms with van der Waals surface area (Å²) in [5.74, 6) is 0.675. The second kappa shape index (κ2) is 8.81. The Bertz CT molecular complexity index is 1610. The molecule has 0 unspecified atom stereocenters. The maximum atomic E-state index is 13.7. The fraction of sp³-hybridized carbons (Fsp3) is 0.148. The predicted molar refractivity (Wildman–Crippen MR) is 134 cm³/mol. The van der Waals surface area contributed by atoms with Gasteiger partial charge in [-0.15, -0.1) is 0 Å². The number of fused-ring (bicyclic) bond motifs is 2. The van der Waals surface area contributed by atoms with Gasteiger partial charge in [0.2, 0.25) is 0 Å². The number of urea groups is 1. The van der Waals surface area contributed by atoms with Gasteiger partial charge in [0.1, 0.15) is 17.3 Å². The average Bonchev–Trinajstić information content (AvgIpc) is 3.59. The minimum Gasteiger partial charge on any atom is -0.292 e. The first-order chi connectivity index (χ1) is 17.9. The number of nitrogens with one attached hydrogen (secondary N) is 2. The van der Waals surface area contributed by atoms with E-state index in [2.05, 4.69) is 15.6 Å². The van der Waals surface area contributed by atoms with Gasteiger partial charge in [-0.1, -0.05) is 48.5 Å². The monoisotopic (exact) mass is 502 g/mol. The van der Waals surface area contributed by atoms with Gasteiger partial charge >= 0.3 is 12.2 Å².